The second-order valence-electron chi connectivity index (χ2n) is 3.44. The van der Waals surface area contributed by atoms with E-state index in [9.17, 15) is 10.1 Å². The first-order valence-electron chi connectivity index (χ1n) is 5.03. The van der Waals surface area contributed by atoms with Crippen molar-refractivity contribution >= 4 is 17.7 Å². The highest BCUT2D eigenvalue weighted by molar-refractivity contribution is 7.98. The molecular formula is C12H9N3O2S. The third-order valence-electron chi connectivity index (χ3n) is 2.41. The molecule has 0 aliphatic heterocycles. The van der Waals surface area contributed by atoms with Crippen LogP contribution in [0, 0.1) is 11.3 Å². The van der Waals surface area contributed by atoms with E-state index in [-0.39, 0.29) is 5.56 Å². The van der Waals surface area contributed by atoms with Crippen LogP contribution in [0.2, 0.25) is 0 Å². The van der Waals surface area contributed by atoms with Crippen LogP contribution in [0.4, 0.5) is 0 Å². The second-order valence-corrected chi connectivity index (χ2v) is 4.29. The van der Waals surface area contributed by atoms with Crippen LogP contribution in [0.5, 0.6) is 0 Å². The van der Waals surface area contributed by atoms with Crippen molar-refractivity contribution in [3.05, 3.63) is 41.7 Å². The Labute approximate surface area is 108 Å². The number of carbonyl (C=O) groups is 1. The monoisotopic (exact) mass is 259 g/mol. The lowest BCUT2D eigenvalue weighted by Crippen LogP contribution is -1.99. The summed E-state index contributed by atoms with van der Waals surface area (Å²) in [6, 6.07) is 7.51. The van der Waals surface area contributed by atoms with E-state index in [0.29, 0.717) is 11.3 Å². The Kier molecular flexibility index (Phi) is 3.35. The highest BCUT2D eigenvalue weighted by atomic mass is 32.2. The minimum absolute atomic E-state index is 0.0912. The molecule has 0 bridgehead atoms. The number of nitrogens with zero attached hydrogens (tertiary/aromatic N) is 3. The SMILES string of the molecule is CSc1cccc(-n2cc(C(=O)O)cn2)c1C#N. The summed E-state index contributed by atoms with van der Waals surface area (Å²) >= 11 is 1.46. The number of nitriles is 1. The number of hydrogen-bond donors (Lipinski definition) is 1. The van der Waals surface area contributed by atoms with Crippen LogP contribution >= 0.6 is 11.8 Å². The largest absolute Gasteiger partial charge is 0.478 e. The fourth-order valence-electron chi connectivity index (χ4n) is 1.56. The maximum absolute atomic E-state index is 10.8. The molecule has 2 rings (SSSR count). The van der Waals surface area contributed by atoms with Gasteiger partial charge < -0.3 is 5.11 Å². The predicted octanol–water partition coefficient (Wildman–Crippen LogP) is 2.16. The van der Waals surface area contributed by atoms with E-state index < -0.39 is 5.97 Å². The number of benzene rings is 1. The van der Waals surface area contributed by atoms with Gasteiger partial charge in [0.2, 0.25) is 0 Å². The predicted molar refractivity (Wildman–Crippen MR) is 67.0 cm³/mol. The summed E-state index contributed by atoms with van der Waals surface area (Å²) in [5, 5.41) is 22.0. The molecule has 5 nitrogen and oxygen atoms in total. The van der Waals surface area contributed by atoms with Gasteiger partial charge in [-0.3, -0.25) is 0 Å². The van der Waals surface area contributed by atoms with E-state index in [2.05, 4.69) is 11.2 Å². The number of rotatable bonds is 3. The topological polar surface area (TPSA) is 78.9 Å². The third-order valence-corrected chi connectivity index (χ3v) is 3.19. The molecule has 0 radical (unpaired) electrons. The van der Waals surface area contributed by atoms with Crippen molar-refractivity contribution in [2.45, 2.75) is 4.90 Å². The van der Waals surface area contributed by atoms with Crippen molar-refractivity contribution in [2.24, 2.45) is 0 Å². The average Bonchev–Trinajstić information content (AvgIpc) is 2.87. The quantitative estimate of drug-likeness (QED) is 0.854. The molecule has 1 aromatic heterocycles. The number of thioether (sulfide) groups is 1. The smallest absolute Gasteiger partial charge is 0.338 e. The Hall–Kier alpha value is -2.26. The molecule has 1 aromatic carbocycles. The van der Waals surface area contributed by atoms with Crippen LogP contribution in [-0.4, -0.2) is 27.1 Å². The third kappa shape index (κ3) is 2.08. The lowest BCUT2D eigenvalue weighted by atomic mass is 10.2. The number of carboxylic acid groups (broad SMARTS) is 1. The van der Waals surface area contributed by atoms with Crippen LogP contribution in [0.25, 0.3) is 5.69 Å². The molecule has 0 atom stereocenters. The molecule has 0 spiro atoms. The Morgan fingerprint density at radius 2 is 2.33 bits per heavy atom. The molecule has 1 N–H and O–H groups in total. The highest BCUT2D eigenvalue weighted by Gasteiger charge is 2.12. The first-order valence-corrected chi connectivity index (χ1v) is 6.25. The molecule has 1 heterocycles. The van der Waals surface area contributed by atoms with Crippen molar-refractivity contribution in [1.29, 1.82) is 5.26 Å². The van der Waals surface area contributed by atoms with E-state index in [1.54, 1.807) is 6.07 Å². The van der Waals surface area contributed by atoms with Crippen molar-refractivity contribution in [2.75, 3.05) is 6.26 Å². The number of aromatic carboxylic acids is 1. The van der Waals surface area contributed by atoms with Crippen molar-refractivity contribution in [3.63, 3.8) is 0 Å². The summed E-state index contributed by atoms with van der Waals surface area (Å²) in [4.78, 5) is 11.6. The normalized spacial score (nSPS) is 10.0. The summed E-state index contributed by atoms with van der Waals surface area (Å²) in [6.07, 6.45) is 4.53. The van der Waals surface area contributed by atoms with Crippen LogP contribution in [0.1, 0.15) is 15.9 Å². The maximum Gasteiger partial charge on any atom is 0.338 e. The van der Waals surface area contributed by atoms with Gasteiger partial charge >= 0.3 is 5.97 Å². The zero-order valence-corrected chi connectivity index (χ0v) is 10.3. The molecule has 0 unspecified atom stereocenters. The zero-order valence-electron chi connectivity index (χ0n) is 9.49. The van der Waals surface area contributed by atoms with E-state index >= 15 is 0 Å². The summed E-state index contributed by atoms with van der Waals surface area (Å²) in [5.41, 5.74) is 1.16. The number of carboxylic acids is 1. The van der Waals surface area contributed by atoms with Crippen LogP contribution in [0.3, 0.4) is 0 Å². The summed E-state index contributed by atoms with van der Waals surface area (Å²) in [5.74, 6) is -1.04. The van der Waals surface area contributed by atoms with Gasteiger partial charge in [0.05, 0.1) is 23.0 Å². The highest BCUT2D eigenvalue weighted by Crippen LogP contribution is 2.25. The fourth-order valence-corrected chi connectivity index (χ4v) is 2.13. The second kappa shape index (κ2) is 4.94. The molecule has 2 aromatic rings. The van der Waals surface area contributed by atoms with E-state index in [1.165, 1.54) is 28.8 Å². The maximum atomic E-state index is 10.8. The van der Waals surface area contributed by atoms with Crippen molar-refractivity contribution in [3.8, 4) is 11.8 Å². The average molecular weight is 259 g/mol. The van der Waals surface area contributed by atoms with E-state index in [4.69, 9.17) is 5.11 Å². The lowest BCUT2D eigenvalue weighted by molar-refractivity contribution is 0.0697. The first-order chi connectivity index (χ1) is 8.67. The van der Waals surface area contributed by atoms with Gasteiger partial charge in [0, 0.05) is 11.1 Å². The van der Waals surface area contributed by atoms with Gasteiger partial charge in [-0.25, -0.2) is 9.48 Å². The molecule has 0 aliphatic carbocycles. The molecule has 0 aliphatic rings. The fraction of sp³-hybridized carbons (Fsp3) is 0.0833. The van der Waals surface area contributed by atoms with Gasteiger partial charge in [-0.1, -0.05) is 6.07 Å². The molecule has 18 heavy (non-hydrogen) atoms. The molecule has 0 amide bonds. The Morgan fingerprint density at radius 3 is 2.89 bits per heavy atom. The molecule has 0 saturated carbocycles. The number of hydrogen-bond acceptors (Lipinski definition) is 4. The molecule has 6 heteroatoms. The van der Waals surface area contributed by atoms with Gasteiger partial charge in [-0.05, 0) is 18.4 Å². The lowest BCUT2D eigenvalue weighted by Gasteiger charge is -2.06. The van der Waals surface area contributed by atoms with Crippen LogP contribution in [0.15, 0.2) is 35.5 Å². The van der Waals surface area contributed by atoms with Crippen LogP contribution < -0.4 is 0 Å². The zero-order chi connectivity index (χ0) is 13.1. The molecule has 0 saturated heterocycles. The van der Waals surface area contributed by atoms with Gasteiger partial charge in [0.1, 0.15) is 6.07 Å². The Balaban J connectivity index is 2.57. The van der Waals surface area contributed by atoms with Gasteiger partial charge in [0.25, 0.3) is 0 Å². The molecule has 90 valence electrons. The van der Waals surface area contributed by atoms with Crippen molar-refractivity contribution < 1.29 is 9.90 Å². The molecule has 0 fully saturated rings. The van der Waals surface area contributed by atoms with Crippen LogP contribution in [-0.2, 0) is 0 Å². The van der Waals surface area contributed by atoms with Gasteiger partial charge in [-0.15, -0.1) is 11.8 Å². The minimum Gasteiger partial charge on any atom is -0.478 e. The van der Waals surface area contributed by atoms with Crippen molar-refractivity contribution in [1.82, 2.24) is 9.78 Å². The first kappa shape index (κ1) is 12.2. The molecular weight excluding hydrogens is 250 g/mol. The standard InChI is InChI=1S/C12H9N3O2S/c1-18-11-4-2-3-10(9(11)5-13)15-7-8(6-14-15)12(16)17/h2-4,6-7H,1H3,(H,16,17). The minimum atomic E-state index is -1.04. The number of aromatic nitrogens is 2. The summed E-state index contributed by atoms with van der Waals surface area (Å²) in [7, 11) is 0. The Morgan fingerprint density at radius 1 is 1.56 bits per heavy atom. The Bertz CT molecular complexity index is 643. The summed E-state index contributed by atoms with van der Waals surface area (Å²) in [6.45, 7) is 0. The van der Waals surface area contributed by atoms with E-state index in [0.717, 1.165) is 4.90 Å². The summed E-state index contributed by atoms with van der Waals surface area (Å²) < 4.78 is 1.40. The van der Waals surface area contributed by atoms with E-state index in [1.807, 2.05) is 18.4 Å². The van der Waals surface area contributed by atoms with Gasteiger partial charge in [0.15, 0.2) is 0 Å². The van der Waals surface area contributed by atoms with Gasteiger partial charge in [-0.2, -0.15) is 10.4 Å².